The third kappa shape index (κ3) is 5.52. The fourth-order valence-electron chi connectivity index (χ4n) is 2.86. The summed E-state index contributed by atoms with van der Waals surface area (Å²) in [5.41, 5.74) is 2.50. The fourth-order valence-corrected chi connectivity index (χ4v) is 4.75. The van der Waals surface area contributed by atoms with Gasteiger partial charge in [-0.2, -0.15) is 16.7 Å². The number of amidine groups is 1. The molecule has 1 aliphatic rings. The van der Waals surface area contributed by atoms with Crippen molar-refractivity contribution in [3.63, 3.8) is 0 Å². The van der Waals surface area contributed by atoms with E-state index in [1.165, 1.54) is 18.9 Å². The van der Waals surface area contributed by atoms with Crippen molar-refractivity contribution in [3.8, 4) is 0 Å². The lowest BCUT2D eigenvalue weighted by Crippen LogP contribution is -2.18. The molecule has 0 aliphatic carbocycles. The van der Waals surface area contributed by atoms with Crippen LogP contribution in [-0.4, -0.2) is 53.2 Å². The summed E-state index contributed by atoms with van der Waals surface area (Å²) in [6.45, 7) is 4.39. The molecule has 0 spiro atoms. The van der Waals surface area contributed by atoms with Gasteiger partial charge in [-0.1, -0.05) is 35.1 Å². The maximum atomic E-state index is 12.2. The second kappa shape index (κ2) is 10.1. The summed E-state index contributed by atoms with van der Waals surface area (Å²) in [4.78, 5) is 21.3. The number of ether oxygens (including phenoxy) is 2. The highest BCUT2D eigenvalue weighted by Gasteiger charge is 2.25. The maximum absolute atomic E-state index is 12.2. The van der Waals surface area contributed by atoms with E-state index in [2.05, 4.69) is 15.5 Å². The largest absolute Gasteiger partial charge is 0.465 e. The number of carbonyl (C=O) groups is 1. The number of hydrogen-bond donors (Lipinski definition) is 1. The van der Waals surface area contributed by atoms with Gasteiger partial charge in [0.25, 0.3) is 5.89 Å². The SMILES string of the molecule is COC(=O)c1c(C)cccc1CSC[C@@H](N=C1NCC(OC)S1)c1nc(C)no1. The van der Waals surface area contributed by atoms with Gasteiger partial charge in [-0.15, -0.1) is 0 Å². The zero-order valence-electron chi connectivity index (χ0n) is 16.8. The van der Waals surface area contributed by atoms with Crippen LogP contribution in [0.15, 0.2) is 27.7 Å². The van der Waals surface area contributed by atoms with Crippen LogP contribution < -0.4 is 5.32 Å². The van der Waals surface area contributed by atoms with E-state index in [0.717, 1.165) is 16.3 Å². The Morgan fingerprint density at radius 3 is 2.93 bits per heavy atom. The number of aromatic nitrogens is 2. The molecule has 3 rings (SSSR count). The molecule has 10 heteroatoms. The van der Waals surface area contributed by atoms with Crippen LogP contribution in [0.5, 0.6) is 0 Å². The van der Waals surface area contributed by atoms with Gasteiger partial charge >= 0.3 is 5.97 Å². The van der Waals surface area contributed by atoms with Crippen LogP contribution in [0.25, 0.3) is 0 Å². The van der Waals surface area contributed by atoms with E-state index in [9.17, 15) is 4.79 Å². The van der Waals surface area contributed by atoms with E-state index in [0.29, 0.717) is 35.3 Å². The molecule has 1 fully saturated rings. The summed E-state index contributed by atoms with van der Waals surface area (Å²) in [5, 5.41) is 7.93. The van der Waals surface area contributed by atoms with Gasteiger partial charge in [0, 0.05) is 18.6 Å². The molecule has 1 aliphatic heterocycles. The topological polar surface area (TPSA) is 98.8 Å². The number of nitrogens with one attached hydrogen (secondary N) is 1. The predicted octanol–water partition coefficient (Wildman–Crippen LogP) is 3.11. The Kier molecular flexibility index (Phi) is 7.57. The van der Waals surface area contributed by atoms with Gasteiger partial charge in [-0.3, -0.25) is 0 Å². The van der Waals surface area contributed by atoms with Gasteiger partial charge in [0.2, 0.25) is 0 Å². The quantitative estimate of drug-likeness (QED) is 0.626. The van der Waals surface area contributed by atoms with Gasteiger partial charge < -0.3 is 19.3 Å². The van der Waals surface area contributed by atoms with Gasteiger partial charge in [0.15, 0.2) is 11.0 Å². The minimum Gasteiger partial charge on any atom is -0.465 e. The van der Waals surface area contributed by atoms with E-state index in [1.807, 2.05) is 25.1 Å². The number of thioether (sulfide) groups is 2. The zero-order valence-corrected chi connectivity index (χ0v) is 18.4. The smallest absolute Gasteiger partial charge is 0.338 e. The molecule has 29 heavy (non-hydrogen) atoms. The number of nitrogens with zero attached hydrogens (tertiary/aromatic N) is 3. The number of aliphatic imine (C=N–C) groups is 1. The molecule has 0 amide bonds. The summed E-state index contributed by atoms with van der Waals surface area (Å²) in [6, 6.07) is 5.51. The number of carbonyl (C=O) groups excluding carboxylic acids is 1. The van der Waals surface area contributed by atoms with Crippen molar-refractivity contribution >= 4 is 34.7 Å². The van der Waals surface area contributed by atoms with E-state index in [1.54, 1.807) is 25.8 Å². The van der Waals surface area contributed by atoms with Crippen LogP contribution in [0.4, 0.5) is 0 Å². The molecule has 1 aromatic carbocycles. The monoisotopic (exact) mass is 436 g/mol. The molecule has 156 valence electrons. The Labute approximate surface area is 178 Å². The van der Waals surface area contributed by atoms with E-state index < -0.39 is 0 Å². The Morgan fingerprint density at radius 2 is 2.28 bits per heavy atom. The number of aryl methyl sites for hydroxylation is 2. The lowest BCUT2D eigenvalue weighted by atomic mass is 10.0. The van der Waals surface area contributed by atoms with Crippen LogP contribution in [0, 0.1) is 13.8 Å². The van der Waals surface area contributed by atoms with Crippen LogP contribution in [0.1, 0.15) is 39.2 Å². The van der Waals surface area contributed by atoms with E-state index in [4.69, 9.17) is 19.0 Å². The van der Waals surface area contributed by atoms with Gasteiger partial charge in [-0.05, 0) is 25.0 Å². The molecule has 1 unspecified atom stereocenters. The number of methoxy groups -OCH3 is 2. The normalized spacial score (nSPS) is 18.6. The summed E-state index contributed by atoms with van der Waals surface area (Å²) < 4.78 is 15.7. The van der Waals surface area contributed by atoms with Gasteiger partial charge in [0.1, 0.15) is 11.5 Å². The first-order chi connectivity index (χ1) is 14.0. The summed E-state index contributed by atoms with van der Waals surface area (Å²) in [5.74, 6) is 1.99. The fraction of sp³-hybridized carbons (Fsp3) is 0.474. The zero-order chi connectivity index (χ0) is 20.8. The molecule has 8 nitrogen and oxygen atoms in total. The highest BCUT2D eigenvalue weighted by Crippen LogP contribution is 2.28. The molecule has 0 radical (unpaired) electrons. The standard InChI is InChI=1S/C19H24N4O4S2/c1-11-6-5-7-13(16(11)18(24)26-4)9-28-10-14(17-21-12(2)23-27-17)22-19-20-8-15(25-3)29-19/h5-7,14-15H,8-10H2,1-4H3,(H,20,22)/t14-,15?/m1/s1. The average molecular weight is 437 g/mol. The van der Waals surface area contributed by atoms with Gasteiger partial charge in [-0.25, -0.2) is 9.79 Å². The Hall–Kier alpha value is -2.04. The second-order valence-corrected chi connectivity index (χ2v) is 8.59. The number of rotatable bonds is 8. The van der Waals surface area contributed by atoms with Crippen LogP contribution in [0.3, 0.4) is 0 Å². The van der Waals surface area contributed by atoms with E-state index >= 15 is 0 Å². The molecule has 1 aromatic heterocycles. The Bertz CT molecular complexity index is 887. The second-order valence-electron chi connectivity index (χ2n) is 6.41. The lowest BCUT2D eigenvalue weighted by Gasteiger charge is -2.12. The molecular formula is C19H24N4O4S2. The number of benzene rings is 1. The molecule has 2 atom stereocenters. The molecule has 2 heterocycles. The third-order valence-electron chi connectivity index (χ3n) is 4.31. The Morgan fingerprint density at radius 1 is 1.45 bits per heavy atom. The first kappa shape index (κ1) is 21.7. The predicted molar refractivity (Wildman–Crippen MR) is 114 cm³/mol. The van der Waals surface area contributed by atoms with Gasteiger partial charge in [0.05, 0.1) is 19.2 Å². The molecule has 0 bridgehead atoms. The third-order valence-corrected chi connectivity index (χ3v) is 6.47. The molecule has 2 aromatic rings. The van der Waals surface area contributed by atoms with Crippen LogP contribution in [0.2, 0.25) is 0 Å². The average Bonchev–Trinajstić information content (AvgIpc) is 3.35. The summed E-state index contributed by atoms with van der Waals surface area (Å²) in [7, 11) is 3.08. The molecule has 0 saturated carbocycles. The Balaban J connectivity index is 1.72. The molecule has 1 N–H and O–H groups in total. The van der Waals surface area contributed by atoms with Crippen molar-refractivity contribution in [1.82, 2.24) is 15.5 Å². The highest BCUT2D eigenvalue weighted by atomic mass is 32.2. The minimum atomic E-state index is -0.319. The maximum Gasteiger partial charge on any atom is 0.338 e. The molecular weight excluding hydrogens is 412 g/mol. The van der Waals surface area contributed by atoms with Crippen molar-refractivity contribution in [1.29, 1.82) is 0 Å². The number of hydrogen-bond acceptors (Lipinski definition) is 9. The first-order valence-corrected chi connectivity index (χ1v) is 11.1. The van der Waals surface area contributed by atoms with E-state index in [-0.39, 0.29) is 17.4 Å². The summed E-state index contributed by atoms with van der Waals surface area (Å²) in [6.07, 6.45) is 0. The van der Waals surface area contributed by atoms with Crippen LogP contribution >= 0.6 is 23.5 Å². The number of esters is 1. The van der Waals surface area contributed by atoms with Crippen molar-refractivity contribution in [2.45, 2.75) is 31.1 Å². The van der Waals surface area contributed by atoms with Crippen molar-refractivity contribution < 1.29 is 18.8 Å². The summed E-state index contributed by atoms with van der Waals surface area (Å²) >= 11 is 3.19. The van der Waals surface area contributed by atoms with Crippen molar-refractivity contribution in [3.05, 3.63) is 46.6 Å². The molecule has 1 saturated heterocycles. The van der Waals surface area contributed by atoms with Crippen molar-refractivity contribution in [2.75, 3.05) is 26.5 Å². The highest BCUT2D eigenvalue weighted by molar-refractivity contribution is 8.14. The first-order valence-electron chi connectivity index (χ1n) is 9.07. The lowest BCUT2D eigenvalue weighted by molar-refractivity contribution is 0.0599. The minimum absolute atomic E-state index is 0.0429. The van der Waals surface area contributed by atoms with Crippen molar-refractivity contribution in [2.24, 2.45) is 4.99 Å². The van der Waals surface area contributed by atoms with Crippen LogP contribution in [-0.2, 0) is 15.2 Å².